The van der Waals surface area contributed by atoms with Crippen LogP contribution in [0.2, 0.25) is 5.02 Å². The van der Waals surface area contributed by atoms with E-state index in [1.54, 1.807) is 12.1 Å². The van der Waals surface area contributed by atoms with Crippen LogP contribution < -0.4 is 5.32 Å². The van der Waals surface area contributed by atoms with Gasteiger partial charge in [0.2, 0.25) is 0 Å². The Labute approximate surface area is 200 Å². The Bertz CT molecular complexity index is 733. The highest BCUT2D eigenvalue weighted by Gasteiger charge is 2.14. The van der Waals surface area contributed by atoms with Crippen LogP contribution in [0.15, 0.2) is 54.6 Å². The lowest BCUT2D eigenvalue weighted by Gasteiger charge is -2.23. The minimum absolute atomic E-state index is 0.0563. The maximum Gasteiger partial charge on any atom is 0.322 e. The van der Waals surface area contributed by atoms with Crippen molar-refractivity contribution >= 4 is 23.3 Å². The Morgan fingerprint density at radius 2 is 1.28 bits per heavy atom. The summed E-state index contributed by atoms with van der Waals surface area (Å²) in [6.45, 7) is 3.66. The number of benzene rings is 2. The number of hydrogen-bond donors (Lipinski definition) is 1. The Balaban J connectivity index is 1.68. The van der Waals surface area contributed by atoms with E-state index in [0.717, 1.165) is 24.2 Å². The number of nitrogens with one attached hydrogen (secondary N) is 1. The van der Waals surface area contributed by atoms with E-state index in [9.17, 15) is 4.79 Å². The first kappa shape index (κ1) is 26.3. The van der Waals surface area contributed by atoms with E-state index in [2.05, 4.69) is 24.4 Å². The van der Waals surface area contributed by atoms with E-state index in [0.29, 0.717) is 11.6 Å². The number of anilines is 1. The lowest BCUT2D eigenvalue weighted by Crippen LogP contribution is -2.35. The Hall–Kier alpha value is -2.00. The number of carbonyl (C=O) groups excluding carboxylic acids is 1. The topological polar surface area (TPSA) is 32.3 Å². The molecule has 1 N–H and O–H groups in total. The van der Waals surface area contributed by atoms with Crippen LogP contribution in [0.1, 0.15) is 89.5 Å². The zero-order valence-electron chi connectivity index (χ0n) is 19.8. The van der Waals surface area contributed by atoms with Crippen molar-refractivity contribution < 1.29 is 4.79 Å². The van der Waals surface area contributed by atoms with Crippen LogP contribution >= 0.6 is 11.6 Å². The van der Waals surface area contributed by atoms with Gasteiger partial charge in [0.1, 0.15) is 0 Å². The number of nitrogens with zero attached hydrogens (tertiary/aromatic N) is 1. The van der Waals surface area contributed by atoms with Gasteiger partial charge in [0.05, 0.1) is 0 Å². The third-order valence-electron chi connectivity index (χ3n) is 5.88. The second-order valence-corrected chi connectivity index (χ2v) is 9.17. The summed E-state index contributed by atoms with van der Waals surface area (Å²) in [4.78, 5) is 14.8. The van der Waals surface area contributed by atoms with Crippen LogP contribution in [0, 0.1) is 0 Å². The molecule has 0 aliphatic rings. The highest BCUT2D eigenvalue weighted by Crippen LogP contribution is 2.16. The average molecular weight is 457 g/mol. The van der Waals surface area contributed by atoms with Gasteiger partial charge in [-0.3, -0.25) is 0 Å². The number of urea groups is 1. The van der Waals surface area contributed by atoms with Gasteiger partial charge in [0.15, 0.2) is 0 Å². The van der Waals surface area contributed by atoms with E-state index >= 15 is 0 Å². The largest absolute Gasteiger partial charge is 0.322 e. The van der Waals surface area contributed by atoms with Gasteiger partial charge < -0.3 is 10.2 Å². The molecule has 2 rings (SSSR count). The van der Waals surface area contributed by atoms with Crippen LogP contribution in [0.4, 0.5) is 10.5 Å². The van der Waals surface area contributed by atoms with Crippen molar-refractivity contribution in [2.24, 2.45) is 0 Å². The van der Waals surface area contributed by atoms with Gasteiger partial charge in [-0.15, -0.1) is 0 Å². The van der Waals surface area contributed by atoms with Gasteiger partial charge in [-0.05, 0) is 36.2 Å². The molecule has 0 atom stereocenters. The number of halogens is 1. The summed E-state index contributed by atoms with van der Waals surface area (Å²) in [6, 6.07) is 17.4. The van der Waals surface area contributed by atoms with Crippen molar-refractivity contribution in [3.63, 3.8) is 0 Å². The Morgan fingerprint density at radius 3 is 1.84 bits per heavy atom. The summed E-state index contributed by atoms with van der Waals surface area (Å²) in [5, 5.41) is 3.68. The lowest BCUT2D eigenvalue weighted by atomic mass is 10.1. The Kier molecular flexibility index (Phi) is 13.6. The van der Waals surface area contributed by atoms with Crippen molar-refractivity contribution in [2.45, 2.75) is 90.5 Å². The molecular formula is C28H41ClN2O. The van der Waals surface area contributed by atoms with Crippen LogP contribution in [-0.2, 0) is 6.54 Å². The summed E-state index contributed by atoms with van der Waals surface area (Å²) in [7, 11) is 0. The number of amides is 2. The molecule has 0 aromatic heterocycles. The van der Waals surface area contributed by atoms with Gasteiger partial charge in [-0.25, -0.2) is 4.79 Å². The normalized spacial score (nSPS) is 10.8. The second kappa shape index (κ2) is 16.6. The molecule has 2 aromatic carbocycles. The summed E-state index contributed by atoms with van der Waals surface area (Å²) in [6.07, 6.45) is 15.8. The molecule has 2 amide bonds. The van der Waals surface area contributed by atoms with Crippen molar-refractivity contribution in [3.8, 4) is 0 Å². The molecule has 0 fully saturated rings. The SMILES string of the molecule is CCCCCCCCCCCCCCN(Cc1ccccc1)C(=O)Nc1ccc(Cl)cc1. The molecule has 32 heavy (non-hydrogen) atoms. The fourth-order valence-electron chi connectivity index (χ4n) is 3.94. The van der Waals surface area contributed by atoms with Crippen LogP contribution in [0.25, 0.3) is 0 Å². The van der Waals surface area contributed by atoms with Crippen molar-refractivity contribution in [2.75, 3.05) is 11.9 Å². The zero-order valence-corrected chi connectivity index (χ0v) is 20.6. The molecule has 0 saturated carbocycles. The molecule has 176 valence electrons. The van der Waals surface area contributed by atoms with E-state index in [1.807, 2.05) is 35.2 Å². The fraction of sp³-hybridized carbons (Fsp3) is 0.536. The maximum atomic E-state index is 12.9. The first-order chi connectivity index (χ1) is 15.7. The van der Waals surface area contributed by atoms with E-state index in [-0.39, 0.29) is 6.03 Å². The van der Waals surface area contributed by atoms with Crippen molar-refractivity contribution in [1.82, 2.24) is 4.90 Å². The molecule has 3 nitrogen and oxygen atoms in total. The molecule has 0 saturated heterocycles. The minimum atomic E-state index is -0.0563. The van der Waals surface area contributed by atoms with Crippen molar-refractivity contribution in [3.05, 3.63) is 65.2 Å². The number of hydrogen-bond acceptors (Lipinski definition) is 1. The molecule has 0 bridgehead atoms. The minimum Gasteiger partial charge on any atom is -0.320 e. The Morgan fingerprint density at radius 1 is 0.750 bits per heavy atom. The highest BCUT2D eigenvalue weighted by atomic mass is 35.5. The first-order valence-electron chi connectivity index (χ1n) is 12.5. The third kappa shape index (κ3) is 11.6. The second-order valence-electron chi connectivity index (χ2n) is 8.73. The first-order valence-corrected chi connectivity index (χ1v) is 12.9. The molecule has 0 unspecified atom stereocenters. The van der Waals surface area contributed by atoms with Crippen LogP contribution in [-0.4, -0.2) is 17.5 Å². The number of unbranched alkanes of at least 4 members (excludes halogenated alkanes) is 11. The number of rotatable bonds is 16. The summed E-state index contributed by atoms with van der Waals surface area (Å²) in [5.74, 6) is 0. The van der Waals surface area contributed by atoms with Gasteiger partial charge in [-0.2, -0.15) is 0 Å². The van der Waals surface area contributed by atoms with Crippen LogP contribution in [0.3, 0.4) is 0 Å². The molecule has 0 spiro atoms. The van der Waals surface area contributed by atoms with Gasteiger partial charge in [0, 0.05) is 23.8 Å². The molecule has 0 aliphatic heterocycles. The quantitative estimate of drug-likeness (QED) is 0.251. The molecule has 0 aliphatic carbocycles. The molecule has 0 heterocycles. The predicted octanol–water partition coefficient (Wildman–Crippen LogP) is 9.08. The molecular weight excluding hydrogens is 416 g/mol. The van der Waals surface area contributed by atoms with E-state index in [4.69, 9.17) is 11.6 Å². The van der Waals surface area contributed by atoms with Crippen LogP contribution in [0.5, 0.6) is 0 Å². The average Bonchev–Trinajstić information content (AvgIpc) is 2.81. The zero-order chi connectivity index (χ0) is 22.9. The number of carbonyl (C=O) groups is 1. The summed E-state index contributed by atoms with van der Waals surface area (Å²) < 4.78 is 0. The smallest absolute Gasteiger partial charge is 0.320 e. The summed E-state index contributed by atoms with van der Waals surface area (Å²) >= 11 is 5.96. The predicted molar refractivity (Wildman–Crippen MR) is 138 cm³/mol. The van der Waals surface area contributed by atoms with Gasteiger partial charge in [-0.1, -0.05) is 119 Å². The van der Waals surface area contributed by atoms with E-state index in [1.165, 1.54) is 70.6 Å². The van der Waals surface area contributed by atoms with Gasteiger partial charge in [0.25, 0.3) is 0 Å². The highest BCUT2D eigenvalue weighted by molar-refractivity contribution is 6.30. The standard InChI is InChI=1S/C28H41ClN2O/c1-2-3-4-5-6-7-8-9-10-11-12-16-23-31(24-25-17-14-13-15-18-25)28(32)30-27-21-19-26(29)20-22-27/h13-15,17-22H,2-12,16,23-24H2,1H3,(H,30,32). The molecule has 4 heteroatoms. The van der Waals surface area contributed by atoms with Gasteiger partial charge >= 0.3 is 6.03 Å². The fourth-order valence-corrected chi connectivity index (χ4v) is 4.06. The van der Waals surface area contributed by atoms with Crippen molar-refractivity contribution in [1.29, 1.82) is 0 Å². The lowest BCUT2D eigenvalue weighted by molar-refractivity contribution is 0.207. The maximum absolute atomic E-state index is 12.9. The monoisotopic (exact) mass is 456 g/mol. The third-order valence-corrected chi connectivity index (χ3v) is 6.13. The summed E-state index contributed by atoms with van der Waals surface area (Å²) in [5.41, 5.74) is 1.92. The van der Waals surface area contributed by atoms with E-state index < -0.39 is 0 Å². The molecule has 2 aromatic rings. The molecule has 0 radical (unpaired) electrons.